The zero-order valence-electron chi connectivity index (χ0n) is 14.2. The molecule has 0 saturated heterocycles. The lowest BCUT2D eigenvalue weighted by Gasteiger charge is -2.21. The minimum atomic E-state index is -0.191. The number of dihydropyridines is 1. The first-order chi connectivity index (χ1) is 10.9. The number of carbonyl (C=O) groups excluding carboxylic acids is 1. The van der Waals surface area contributed by atoms with Gasteiger partial charge in [-0.1, -0.05) is 12.7 Å². The van der Waals surface area contributed by atoms with E-state index in [0.717, 1.165) is 3.58 Å². The van der Waals surface area contributed by atoms with Crippen LogP contribution in [-0.4, -0.2) is 30.8 Å². The van der Waals surface area contributed by atoms with Crippen molar-refractivity contribution in [3.05, 3.63) is 45.8 Å². The van der Waals surface area contributed by atoms with Crippen LogP contribution in [-0.2, 0) is 9.53 Å². The Balaban J connectivity index is 2.55. The van der Waals surface area contributed by atoms with Crippen molar-refractivity contribution < 1.29 is 9.53 Å². The van der Waals surface area contributed by atoms with Crippen LogP contribution in [0.3, 0.4) is 0 Å². The number of carbonyl (C=O) groups is 1. The summed E-state index contributed by atoms with van der Waals surface area (Å²) in [5.41, 5.74) is 0.641. The van der Waals surface area contributed by atoms with Gasteiger partial charge in [0.2, 0.25) is 5.91 Å². The molecule has 0 saturated carbocycles. The Bertz CT molecular complexity index is 561. The van der Waals surface area contributed by atoms with E-state index in [9.17, 15) is 4.79 Å². The second-order valence-corrected chi connectivity index (χ2v) is 6.76. The highest BCUT2D eigenvalue weighted by molar-refractivity contribution is 14.1. The fourth-order valence-electron chi connectivity index (χ4n) is 2.18. The van der Waals surface area contributed by atoms with Crippen LogP contribution in [0.4, 0.5) is 0 Å². The molecule has 0 aromatic heterocycles. The highest BCUT2D eigenvalue weighted by Gasteiger charge is 2.18. The molecule has 0 aromatic carbocycles. The van der Waals surface area contributed by atoms with E-state index >= 15 is 0 Å². The number of hydrogen-bond acceptors (Lipinski definition) is 3. The number of allylic oxidation sites excluding steroid dienone is 3. The van der Waals surface area contributed by atoms with Gasteiger partial charge < -0.3 is 10.1 Å². The summed E-state index contributed by atoms with van der Waals surface area (Å²) in [4.78, 5) is 16.6. The normalized spacial score (nSPS) is 23.1. The first-order valence-electron chi connectivity index (χ1n) is 7.69. The molecule has 1 rings (SSSR count). The molecule has 2 unspecified atom stereocenters. The third kappa shape index (κ3) is 6.72. The highest BCUT2D eigenvalue weighted by Crippen LogP contribution is 2.19. The van der Waals surface area contributed by atoms with Crippen molar-refractivity contribution in [3.8, 4) is 0 Å². The molecular formula is C18H25IN2O2. The monoisotopic (exact) mass is 428 g/mol. The Kier molecular flexibility index (Phi) is 8.30. The number of aliphatic imine (C=N–C) groups is 1. The van der Waals surface area contributed by atoms with Gasteiger partial charge in [0, 0.05) is 27.8 Å². The molecule has 1 heterocycles. The van der Waals surface area contributed by atoms with Crippen molar-refractivity contribution in [2.75, 3.05) is 6.54 Å². The molecule has 126 valence electrons. The molecular weight excluding hydrogens is 403 g/mol. The topological polar surface area (TPSA) is 50.7 Å². The second-order valence-electron chi connectivity index (χ2n) is 5.51. The maximum absolute atomic E-state index is 12.2. The van der Waals surface area contributed by atoms with Gasteiger partial charge in [-0.25, -0.2) is 0 Å². The van der Waals surface area contributed by atoms with Crippen molar-refractivity contribution in [2.24, 2.45) is 10.9 Å². The van der Waals surface area contributed by atoms with E-state index in [2.05, 4.69) is 52.5 Å². The summed E-state index contributed by atoms with van der Waals surface area (Å²) in [7, 11) is 0. The Morgan fingerprint density at radius 3 is 2.91 bits per heavy atom. The van der Waals surface area contributed by atoms with E-state index in [1.165, 1.54) is 0 Å². The summed E-state index contributed by atoms with van der Waals surface area (Å²) in [6, 6.07) is 0.185. The Hall–Kier alpha value is -1.37. The number of amides is 1. The van der Waals surface area contributed by atoms with Gasteiger partial charge in [0.15, 0.2) is 0 Å². The summed E-state index contributed by atoms with van der Waals surface area (Å²) in [5.74, 6) is 0.856. The zero-order chi connectivity index (χ0) is 17.4. The third-order valence-electron chi connectivity index (χ3n) is 3.57. The van der Waals surface area contributed by atoms with Crippen molar-refractivity contribution in [1.82, 2.24) is 5.32 Å². The predicted molar refractivity (Wildman–Crippen MR) is 105 cm³/mol. The zero-order valence-corrected chi connectivity index (χ0v) is 16.3. The van der Waals surface area contributed by atoms with Crippen LogP contribution in [0.15, 0.2) is 50.8 Å². The van der Waals surface area contributed by atoms with Gasteiger partial charge in [-0.05, 0) is 68.5 Å². The van der Waals surface area contributed by atoms with E-state index in [4.69, 9.17) is 4.74 Å². The standard InChI is InChI=1S/C18H25IN2O2/c1-6-17(7-2)23-13(4)8-12(3)18(22)21-10-15-9-16(19)11-20-14(15)5/h6-9,11,13-15H,1,10H2,2-5H3,(H,21,22)/b12-8+,17-7+/t13?,14-,15?/m0/s1. The van der Waals surface area contributed by atoms with Crippen LogP contribution >= 0.6 is 22.6 Å². The quantitative estimate of drug-likeness (QED) is 0.289. The average Bonchev–Trinajstić information content (AvgIpc) is 2.52. The molecule has 1 aliphatic rings. The number of nitrogens with one attached hydrogen (secondary N) is 1. The van der Waals surface area contributed by atoms with E-state index in [0.29, 0.717) is 17.9 Å². The van der Waals surface area contributed by atoms with Crippen LogP contribution in [0.2, 0.25) is 0 Å². The Morgan fingerprint density at radius 1 is 1.61 bits per heavy atom. The molecule has 0 bridgehead atoms. The van der Waals surface area contributed by atoms with Crippen LogP contribution in [0.5, 0.6) is 0 Å². The van der Waals surface area contributed by atoms with Gasteiger partial charge >= 0.3 is 0 Å². The molecule has 0 spiro atoms. The first kappa shape index (κ1) is 19.7. The van der Waals surface area contributed by atoms with Gasteiger partial charge in [-0.2, -0.15) is 0 Å². The number of hydrogen-bond donors (Lipinski definition) is 1. The number of nitrogens with zero attached hydrogens (tertiary/aromatic N) is 1. The fourth-order valence-corrected chi connectivity index (χ4v) is 2.80. The smallest absolute Gasteiger partial charge is 0.246 e. The minimum absolute atomic E-state index is 0.0776. The number of ether oxygens (including phenoxy) is 1. The third-order valence-corrected chi connectivity index (χ3v) is 4.21. The molecule has 0 aliphatic carbocycles. The first-order valence-corrected chi connectivity index (χ1v) is 8.77. The minimum Gasteiger partial charge on any atom is -0.487 e. The van der Waals surface area contributed by atoms with E-state index in [-0.39, 0.29) is 24.0 Å². The average molecular weight is 428 g/mol. The molecule has 1 N–H and O–H groups in total. The summed E-state index contributed by atoms with van der Waals surface area (Å²) >= 11 is 2.24. The lowest BCUT2D eigenvalue weighted by atomic mass is 9.99. The van der Waals surface area contributed by atoms with Gasteiger partial charge in [0.25, 0.3) is 0 Å². The Morgan fingerprint density at radius 2 is 2.30 bits per heavy atom. The van der Waals surface area contributed by atoms with E-state index < -0.39 is 0 Å². The van der Waals surface area contributed by atoms with Crippen molar-refractivity contribution in [3.63, 3.8) is 0 Å². The lowest BCUT2D eigenvalue weighted by molar-refractivity contribution is -0.117. The molecule has 1 amide bonds. The number of rotatable bonds is 7. The van der Waals surface area contributed by atoms with Crippen LogP contribution < -0.4 is 5.32 Å². The van der Waals surface area contributed by atoms with Crippen LogP contribution in [0.1, 0.15) is 27.7 Å². The molecule has 0 radical (unpaired) electrons. The van der Waals surface area contributed by atoms with Crippen molar-refractivity contribution in [2.45, 2.75) is 39.8 Å². The van der Waals surface area contributed by atoms with E-state index in [1.54, 1.807) is 13.0 Å². The predicted octanol–water partition coefficient (Wildman–Crippen LogP) is 3.95. The summed E-state index contributed by atoms with van der Waals surface area (Å²) in [5, 5.41) is 2.97. The van der Waals surface area contributed by atoms with Gasteiger partial charge in [-0.15, -0.1) is 0 Å². The highest BCUT2D eigenvalue weighted by atomic mass is 127. The number of halogens is 1. The molecule has 0 aromatic rings. The Labute approximate surface area is 152 Å². The molecule has 3 atom stereocenters. The van der Waals surface area contributed by atoms with Crippen molar-refractivity contribution in [1.29, 1.82) is 0 Å². The second kappa shape index (κ2) is 9.70. The SMILES string of the molecule is C=C/C(=C\C)OC(C)/C=C(\C)C(=O)NCC1C=C(I)C=N[C@H]1C. The van der Waals surface area contributed by atoms with Crippen LogP contribution in [0, 0.1) is 5.92 Å². The fraction of sp³-hybridized carbons (Fsp3) is 0.444. The molecule has 1 aliphatic heterocycles. The molecule has 5 heteroatoms. The van der Waals surface area contributed by atoms with Gasteiger partial charge in [0.1, 0.15) is 11.9 Å². The maximum Gasteiger partial charge on any atom is 0.246 e. The summed E-state index contributed by atoms with van der Waals surface area (Å²) in [6.07, 6.45) is 9.12. The maximum atomic E-state index is 12.2. The van der Waals surface area contributed by atoms with Crippen LogP contribution in [0.25, 0.3) is 0 Å². The molecule has 4 nitrogen and oxygen atoms in total. The summed E-state index contributed by atoms with van der Waals surface area (Å²) in [6.45, 7) is 11.9. The van der Waals surface area contributed by atoms with E-state index in [1.807, 2.05) is 32.2 Å². The molecule has 23 heavy (non-hydrogen) atoms. The summed E-state index contributed by atoms with van der Waals surface area (Å²) < 4.78 is 6.76. The van der Waals surface area contributed by atoms with Crippen molar-refractivity contribution >= 4 is 34.7 Å². The van der Waals surface area contributed by atoms with Gasteiger partial charge in [0.05, 0.1) is 6.04 Å². The lowest BCUT2D eigenvalue weighted by Crippen LogP contribution is -2.34. The largest absolute Gasteiger partial charge is 0.487 e. The van der Waals surface area contributed by atoms with Gasteiger partial charge in [-0.3, -0.25) is 9.79 Å². The molecule has 0 fully saturated rings.